The van der Waals surface area contributed by atoms with E-state index >= 15 is 0 Å². The van der Waals surface area contributed by atoms with Crippen LogP contribution in [-0.2, 0) is 16.6 Å². The third-order valence-corrected chi connectivity index (χ3v) is 5.60. The molecule has 2 aromatic carbocycles. The molecular formula is C19H25N3O3S. The summed E-state index contributed by atoms with van der Waals surface area (Å²) in [4.78, 5) is 12.3. The number of carbonyl (C=O) groups is 1. The Morgan fingerprint density at radius 3 is 2.31 bits per heavy atom. The normalized spacial score (nSPS) is 12.6. The molecule has 26 heavy (non-hydrogen) atoms. The Labute approximate surface area is 154 Å². The van der Waals surface area contributed by atoms with Crippen LogP contribution >= 0.6 is 0 Å². The second-order valence-electron chi connectivity index (χ2n) is 6.38. The summed E-state index contributed by atoms with van der Waals surface area (Å²) in [5, 5.41) is 2.78. The van der Waals surface area contributed by atoms with Crippen LogP contribution in [0, 0.1) is 13.8 Å². The summed E-state index contributed by atoms with van der Waals surface area (Å²) in [6.07, 6.45) is 0. The van der Waals surface area contributed by atoms with Gasteiger partial charge in [0.2, 0.25) is 10.0 Å². The first-order valence-corrected chi connectivity index (χ1v) is 9.88. The lowest BCUT2D eigenvalue weighted by Gasteiger charge is -2.12. The maximum Gasteiger partial charge on any atom is 0.251 e. The van der Waals surface area contributed by atoms with Crippen LogP contribution in [0.15, 0.2) is 47.4 Å². The Kier molecular flexibility index (Phi) is 6.52. The predicted octanol–water partition coefficient (Wildman–Crippen LogP) is 1.86. The lowest BCUT2D eigenvalue weighted by atomic mass is 10.1. The summed E-state index contributed by atoms with van der Waals surface area (Å²) in [7, 11) is -3.59. The van der Waals surface area contributed by atoms with Crippen LogP contribution in [0.3, 0.4) is 0 Å². The molecular weight excluding hydrogens is 350 g/mol. The van der Waals surface area contributed by atoms with Gasteiger partial charge in [-0.1, -0.05) is 18.2 Å². The number of nitrogens with two attached hydrogens (primary N) is 1. The van der Waals surface area contributed by atoms with E-state index in [0.29, 0.717) is 12.1 Å². The van der Waals surface area contributed by atoms with Crippen molar-refractivity contribution >= 4 is 15.9 Å². The van der Waals surface area contributed by atoms with E-state index in [9.17, 15) is 13.2 Å². The molecule has 0 unspecified atom stereocenters. The fourth-order valence-corrected chi connectivity index (χ4v) is 3.39. The Balaban J connectivity index is 2.03. The molecule has 0 aromatic heterocycles. The number of sulfonamides is 1. The molecule has 1 atom stereocenters. The van der Waals surface area contributed by atoms with Crippen molar-refractivity contribution in [1.29, 1.82) is 0 Å². The van der Waals surface area contributed by atoms with Crippen molar-refractivity contribution in [3.8, 4) is 0 Å². The van der Waals surface area contributed by atoms with Crippen LogP contribution in [0.4, 0.5) is 0 Å². The Morgan fingerprint density at radius 1 is 1.08 bits per heavy atom. The maximum absolute atomic E-state index is 12.4. The predicted molar refractivity (Wildman–Crippen MR) is 102 cm³/mol. The van der Waals surface area contributed by atoms with Crippen molar-refractivity contribution in [3.05, 3.63) is 64.7 Å². The maximum atomic E-state index is 12.4. The van der Waals surface area contributed by atoms with Crippen LogP contribution in [-0.4, -0.2) is 26.9 Å². The molecule has 0 spiro atoms. The molecule has 2 aromatic rings. The average Bonchev–Trinajstić information content (AvgIpc) is 2.62. The first-order valence-electron chi connectivity index (χ1n) is 8.39. The zero-order chi connectivity index (χ0) is 19.3. The summed E-state index contributed by atoms with van der Waals surface area (Å²) in [5.41, 5.74) is 8.73. The standard InChI is InChI=1S/C19H25N3O3S/c1-13-4-9-18(10-14(13)2)26(24,25)21-12-16-5-7-17(8-6-16)19(23)22-15(3)11-20/h4-10,15,21H,11-12,20H2,1-3H3,(H,22,23)/t15-/m1/s1. The highest BCUT2D eigenvalue weighted by Crippen LogP contribution is 2.15. The highest BCUT2D eigenvalue weighted by Gasteiger charge is 2.14. The van der Waals surface area contributed by atoms with E-state index in [0.717, 1.165) is 16.7 Å². The zero-order valence-corrected chi connectivity index (χ0v) is 16.1. The Bertz CT molecular complexity index is 877. The molecule has 0 fully saturated rings. The number of rotatable bonds is 7. The molecule has 7 heteroatoms. The molecule has 0 saturated heterocycles. The lowest BCUT2D eigenvalue weighted by molar-refractivity contribution is 0.0941. The van der Waals surface area contributed by atoms with E-state index in [1.165, 1.54) is 0 Å². The van der Waals surface area contributed by atoms with Crippen LogP contribution in [0.2, 0.25) is 0 Å². The van der Waals surface area contributed by atoms with Crippen molar-refractivity contribution in [2.24, 2.45) is 5.73 Å². The van der Waals surface area contributed by atoms with Gasteiger partial charge in [-0.3, -0.25) is 4.79 Å². The third-order valence-electron chi connectivity index (χ3n) is 4.20. The molecule has 4 N–H and O–H groups in total. The molecule has 2 rings (SSSR count). The van der Waals surface area contributed by atoms with Gasteiger partial charge in [-0.25, -0.2) is 13.1 Å². The van der Waals surface area contributed by atoms with Gasteiger partial charge in [0.15, 0.2) is 0 Å². The van der Waals surface area contributed by atoms with Crippen LogP contribution in [0.1, 0.15) is 34.0 Å². The molecule has 0 aliphatic rings. The summed E-state index contributed by atoms with van der Waals surface area (Å²) in [6, 6.07) is 11.7. The van der Waals surface area contributed by atoms with Gasteiger partial charge in [0, 0.05) is 24.7 Å². The minimum Gasteiger partial charge on any atom is -0.348 e. The lowest BCUT2D eigenvalue weighted by Crippen LogP contribution is -2.37. The number of benzene rings is 2. The Morgan fingerprint density at radius 2 is 1.73 bits per heavy atom. The molecule has 140 valence electrons. The van der Waals surface area contributed by atoms with Crippen molar-refractivity contribution in [2.75, 3.05) is 6.54 Å². The van der Waals surface area contributed by atoms with Gasteiger partial charge >= 0.3 is 0 Å². The molecule has 0 aliphatic carbocycles. The fraction of sp³-hybridized carbons (Fsp3) is 0.316. The van der Waals surface area contributed by atoms with Gasteiger partial charge in [-0.2, -0.15) is 0 Å². The smallest absolute Gasteiger partial charge is 0.251 e. The Hall–Kier alpha value is -2.22. The van der Waals surface area contributed by atoms with E-state index in [4.69, 9.17) is 5.73 Å². The van der Waals surface area contributed by atoms with Gasteiger partial charge in [0.25, 0.3) is 5.91 Å². The number of hydrogen-bond donors (Lipinski definition) is 3. The minimum absolute atomic E-state index is 0.105. The largest absolute Gasteiger partial charge is 0.348 e. The van der Waals surface area contributed by atoms with Gasteiger partial charge in [-0.15, -0.1) is 0 Å². The number of aryl methyl sites for hydroxylation is 2. The molecule has 0 heterocycles. The second kappa shape index (κ2) is 8.44. The van der Waals surface area contributed by atoms with Crippen molar-refractivity contribution in [1.82, 2.24) is 10.0 Å². The summed E-state index contributed by atoms with van der Waals surface area (Å²) in [6.45, 7) is 6.16. The van der Waals surface area contributed by atoms with E-state index < -0.39 is 10.0 Å². The molecule has 0 aliphatic heterocycles. The van der Waals surface area contributed by atoms with E-state index in [1.807, 2.05) is 20.8 Å². The summed E-state index contributed by atoms with van der Waals surface area (Å²) in [5.74, 6) is -0.204. The second-order valence-corrected chi connectivity index (χ2v) is 8.14. The van der Waals surface area contributed by atoms with Crippen molar-refractivity contribution in [3.63, 3.8) is 0 Å². The third kappa shape index (κ3) is 5.14. The van der Waals surface area contributed by atoms with Gasteiger partial charge < -0.3 is 11.1 Å². The van der Waals surface area contributed by atoms with Crippen LogP contribution in [0.5, 0.6) is 0 Å². The average molecular weight is 375 g/mol. The fourth-order valence-electron chi connectivity index (χ4n) is 2.28. The molecule has 6 nitrogen and oxygen atoms in total. The number of hydrogen-bond acceptors (Lipinski definition) is 4. The highest BCUT2D eigenvalue weighted by molar-refractivity contribution is 7.89. The number of amides is 1. The van der Waals surface area contributed by atoms with Crippen LogP contribution < -0.4 is 15.8 Å². The molecule has 0 saturated carbocycles. The number of carbonyl (C=O) groups excluding carboxylic acids is 1. The van der Waals surface area contributed by atoms with E-state index in [2.05, 4.69) is 10.0 Å². The SMILES string of the molecule is Cc1ccc(S(=O)(=O)NCc2ccc(C(=O)N[C@H](C)CN)cc2)cc1C. The van der Waals surface area contributed by atoms with Gasteiger partial charge in [0.05, 0.1) is 4.90 Å². The van der Waals surface area contributed by atoms with Crippen molar-refractivity contribution < 1.29 is 13.2 Å². The summed E-state index contributed by atoms with van der Waals surface area (Å²) >= 11 is 0. The van der Waals surface area contributed by atoms with Crippen molar-refractivity contribution in [2.45, 2.75) is 38.3 Å². The summed E-state index contributed by atoms with van der Waals surface area (Å²) < 4.78 is 27.4. The van der Waals surface area contributed by atoms with Gasteiger partial charge in [0.1, 0.15) is 0 Å². The van der Waals surface area contributed by atoms with Gasteiger partial charge in [-0.05, 0) is 61.7 Å². The zero-order valence-electron chi connectivity index (χ0n) is 15.2. The first kappa shape index (κ1) is 20.1. The van der Waals surface area contributed by atoms with E-state index in [-0.39, 0.29) is 23.4 Å². The number of nitrogens with one attached hydrogen (secondary N) is 2. The quantitative estimate of drug-likeness (QED) is 0.687. The molecule has 0 radical (unpaired) electrons. The molecule has 1 amide bonds. The minimum atomic E-state index is -3.59. The van der Waals surface area contributed by atoms with E-state index in [1.54, 1.807) is 42.5 Å². The first-order chi connectivity index (χ1) is 12.2. The van der Waals surface area contributed by atoms with Crippen LogP contribution in [0.25, 0.3) is 0 Å². The topological polar surface area (TPSA) is 101 Å². The highest BCUT2D eigenvalue weighted by atomic mass is 32.2. The monoisotopic (exact) mass is 375 g/mol. The molecule has 0 bridgehead atoms.